The van der Waals surface area contributed by atoms with E-state index in [1.807, 2.05) is 6.92 Å². The molecule has 1 aliphatic heterocycles. The lowest BCUT2D eigenvalue weighted by Gasteiger charge is -2.17. The molecule has 2 rings (SSSR count). The van der Waals surface area contributed by atoms with Crippen LogP contribution in [0, 0.1) is 18.7 Å². The molecule has 1 aromatic rings. The molecule has 0 saturated carbocycles. The molecule has 1 aromatic carbocycles. The second kappa shape index (κ2) is 5.48. The van der Waals surface area contributed by atoms with Crippen LogP contribution in [0.15, 0.2) is 18.2 Å². The van der Waals surface area contributed by atoms with E-state index in [0.29, 0.717) is 13.1 Å². The molecule has 0 aliphatic carbocycles. The normalized spacial score (nSPS) is 20.1. The van der Waals surface area contributed by atoms with E-state index >= 15 is 0 Å². The molecule has 1 aliphatic rings. The van der Waals surface area contributed by atoms with Gasteiger partial charge in [-0.15, -0.1) is 0 Å². The minimum Gasteiger partial charge on any atom is -0.469 e. The van der Waals surface area contributed by atoms with Gasteiger partial charge in [-0.05, 0) is 43.1 Å². The summed E-state index contributed by atoms with van der Waals surface area (Å²) < 4.78 is 17.9. The first-order chi connectivity index (χ1) is 8.60. The summed E-state index contributed by atoms with van der Waals surface area (Å²) in [5.41, 5.74) is 2.07. The molecule has 18 heavy (non-hydrogen) atoms. The topological polar surface area (TPSA) is 29.5 Å². The molecule has 0 spiro atoms. The quantitative estimate of drug-likeness (QED) is 0.771. The van der Waals surface area contributed by atoms with E-state index in [1.165, 1.54) is 13.2 Å². The molecule has 1 saturated heterocycles. The molecule has 1 unspecified atom stereocenters. The average molecular weight is 251 g/mol. The summed E-state index contributed by atoms with van der Waals surface area (Å²) in [6, 6.07) is 4.83. The first kappa shape index (κ1) is 13.0. The van der Waals surface area contributed by atoms with Crippen LogP contribution in [-0.4, -0.2) is 31.1 Å². The van der Waals surface area contributed by atoms with Gasteiger partial charge in [0.15, 0.2) is 0 Å². The van der Waals surface area contributed by atoms with Crippen molar-refractivity contribution in [1.82, 2.24) is 4.90 Å². The number of ether oxygens (including phenoxy) is 1. The van der Waals surface area contributed by atoms with Crippen molar-refractivity contribution >= 4 is 5.97 Å². The van der Waals surface area contributed by atoms with Gasteiger partial charge in [-0.3, -0.25) is 9.69 Å². The zero-order valence-corrected chi connectivity index (χ0v) is 10.8. The number of nitrogens with zero attached hydrogens (tertiary/aromatic N) is 1. The summed E-state index contributed by atoms with van der Waals surface area (Å²) in [7, 11) is 1.42. The highest BCUT2D eigenvalue weighted by Crippen LogP contribution is 2.21. The van der Waals surface area contributed by atoms with Crippen LogP contribution >= 0.6 is 0 Å². The highest BCUT2D eigenvalue weighted by atomic mass is 19.1. The van der Waals surface area contributed by atoms with Gasteiger partial charge in [-0.25, -0.2) is 4.39 Å². The smallest absolute Gasteiger partial charge is 0.310 e. The van der Waals surface area contributed by atoms with E-state index in [1.54, 1.807) is 12.1 Å². The van der Waals surface area contributed by atoms with E-state index in [2.05, 4.69) is 4.90 Å². The number of hydrogen-bond donors (Lipinski definition) is 0. The molecule has 0 bridgehead atoms. The fourth-order valence-electron chi connectivity index (χ4n) is 2.39. The largest absolute Gasteiger partial charge is 0.469 e. The van der Waals surface area contributed by atoms with Crippen molar-refractivity contribution < 1.29 is 13.9 Å². The van der Waals surface area contributed by atoms with Crippen LogP contribution in [-0.2, 0) is 16.1 Å². The Morgan fingerprint density at radius 2 is 2.33 bits per heavy atom. The van der Waals surface area contributed by atoms with Crippen LogP contribution in [0.1, 0.15) is 17.5 Å². The maximum Gasteiger partial charge on any atom is 0.310 e. The first-order valence-corrected chi connectivity index (χ1v) is 6.15. The van der Waals surface area contributed by atoms with E-state index in [9.17, 15) is 9.18 Å². The Hall–Kier alpha value is -1.42. The second-order valence-electron chi connectivity index (χ2n) is 4.81. The van der Waals surface area contributed by atoms with Crippen LogP contribution < -0.4 is 0 Å². The fraction of sp³-hybridized carbons (Fsp3) is 0.500. The van der Waals surface area contributed by atoms with Crippen molar-refractivity contribution in [3.8, 4) is 0 Å². The van der Waals surface area contributed by atoms with Crippen LogP contribution in [0.4, 0.5) is 4.39 Å². The van der Waals surface area contributed by atoms with Gasteiger partial charge in [0, 0.05) is 13.1 Å². The van der Waals surface area contributed by atoms with Crippen LogP contribution in [0.3, 0.4) is 0 Å². The van der Waals surface area contributed by atoms with Gasteiger partial charge in [-0.1, -0.05) is 6.07 Å². The number of methoxy groups -OCH3 is 1. The predicted molar refractivity (Wildman–Crippen MR) is 66.5 cm³/mol. The summed E-state index contributed by atoms with van der Waals surface area (Å²) in [4.78, 5) is 13.6. The maximum atomic E-state index is 13.2. The van der Waals surface area contributed by atoms with Crippen molar-refractivity contribution in [3.05, 3.63) is 35.1 Å². The molecule has 1 heterocycles. The molecule has 0 aromatic heterocycles. The minimum atomic E-state index is -0.209. The Morgan fingerprint density at radius 1 is 1.56 bits per heavy atom. The van der Waals surface area contributed by atoms with E-state index in [-0.39, 0.29) is 17.7 Å². The third kappa shape index (κ3) is 2.88. The van der Waals surface area contributed by atoms with Crippen molar-refractivity contribution in [3.63, 3.8) is 0 Å². The lowest BCUT2D eigenvalue weighted by atomic mass is 10.1. The fourth-order valence-corrected chi connectivity index (χ4v) is 2.39. The highest BCUT2D eigenvalue weighted by molar-refractivity contribution is 5.72. The lowest BCUT2D eigenvalue weighted by Crippen LogP contribution is -2.24. The third-order valence-electron chi connectivity index (χ3n) is 3.51. The number of carbonyl (C=O) groups is 1. The first-order valence-electron chi connectivity index (χ1n) is 6.15. The number of hydrogen-bond acceptors (Lipinski definition) is 3. The summed E-state index contributed by atoms with van der Waals surface area (Å²) >= 11 is 0. The summed E-state index contributed by atoms with van der Waals surface area (Å²) in [6.07, 6.45) is 0.820. The molecule has 1 atom stereocenters. The zero-order valence-electron chi connectivity index (χ0n) is 10.8. The Morgan fingerprint density at radius 3 is 3.06 bits per heavy atom. The number of benzene rings is 1. The Bertz CT molecular complexity index is 447. The zero-order chi connectivity index (χ0) is 13.1. The number of halogens is 1. The van der Waals surface area contributed by atoms with Gasteiger partial charge in [0.2, 0.25) is 0 Å². The minimum absolute atomic E-state index is 0.0381. The van der Waals surface area contributed by atoms with Gasteiger partial charge in [0.1, 0.15) is 5.82 Å². The van der Waals surface area contributed by atoms with Gasteiger partial charge in [0.25, 0.3) is 0 Å². The Balaban J connectivity index is 1.99. The lowest BCUT2D eigenvalue weighted by molar-refractivity contribution is -0.144. The molecule has 98 valence electrons. The van der Waals surface area contributed by atoms with E-state index in [4.69, 9.17) is 4.74 Å². The number of carbonyl (C=O) groups excluding carboxylic acids is 1. The van der Waals surface area contributed by atoms with Crippen molar-refractivity contribution in [2.24, 2.45) is 5.92 Å². The molecule has 0 radical (unpaired) electrons. The summed E-state index contributed by atoms with van der Waals surface area (Å²) in [6.45, 7) is 4.22. The number of aryl methyl sites for hydroxylation is 1. The number of rotatable bonds is 3. The predicted octanol–water partition coefficient (Wildman–Crippen LogP) is 2.13. The van der Waals surface area contributed by atoms with Crippen LogP contribution in [0.25, 0.3) is 0 Å². The molecular formula is C14H18FNO2. The van der Waals surface area contributed by atoms with Gasteiger partial charge in [-0.2, -0.15) is 0 Å². The maximum absolute atomic E-state index is 13.2. The van der Waals surface area contributed by atoms with Crippen molar-refractivity contribution in [2.75, 3.05) is 20.2 Å². The van der Waals surface area contributed by atoms with Crippen molar-refractivity contribution in [2.45, 2.75) is 19.9 Å². The molecule has 1 fully saturated rings. The van der Waals surface area contributed by atoms with E-state index in [0.717, 1.165) is 24.1 Å². The van der Waals surface area contributed by atoms with Gasteiger partial charge in [0.05, 0.1) is 13.0 Å². The Labute approximate surface area is 107 Å². The third-order valence-corrected chi connectivity index (χ3v) is 3.51. The highest BCUT2D eigenvalue weighted by Gasteiger charge is 2.28. The molecular weight excluding hydrogens is 233 g/mol. The Kier molecular flexibility index (Phi) is 3.97. The monoisotopic (exact) mass is 251 g/mol. The van der Waals surface area contributed by atoms with Crippen LogP contribution in [0.2, 0.25) is 0 Å². The standard InChI is InChI=1S/C14H18FNO2/c1-10-3-4-13(15)7-12(10)9-16-6-5-11(8-16)14(17)18-2/h3-4,7,11H,5-6,8-9H2,1-2H3. The van der Waals surface area contributed by atoms with Gasteiger partial charge < -0.3 is 4.74 Å². The second-order valence-corrected chi connectivity index (χ2v) is 4.81. The molecule has 0 amide bonds. The average Bonchev–Trinajstić information content (AvgIpc) is 2.81. The molecule has 3 nitrogen and oxygen atoms in total. The number of likely N-dealkylation sites (tertiary alicyclic amines) is 1. The van der Waals surface area contributed by atoms with Crippen molar-refractivity contribution in [1.29, 1.82) is 0 Å². The molecule has 0 N–H and O–H groups in total. The van der Waals surface area contributed by atoms with Gasteiger partial charge >= 0.3 is 5.97 Å². The summed E-state index contributed by atoms with van der Waals surface area (Å²) in [5.74, 6) is -0.392. The summed E-state index contributed by atoms with van der Waals surface area (Å²) in [5, 5.41) is 0. The van der Waals surface area contributed by atoms with Crippen LogP contribution in [0.5, 0.6) is 0 Å². The SMILES string of the molecule is COC(=O)C1CCN(Cc2cc(F)ccc2C)C1. The van der Waals surface area contributed by atoms with E-state index < -0.39 is 0 Å². The molecule has 4 heteroatoms. The number of esters is 1.